The standard InChI is InChI=1S/C15H18N2O2/c1-4-6-16-15-10-12-9-14(19-3)13(18-2)8-11(12)5-7-17-15/h4-5,7-9H,1,6,10H2,2-3H3,(H,16,17). The molecule has 0 unspecified atom stereocenters. The lowest BCUT2D eigenvalue weighted by atomic mass is 10.0. The second kappa shape index (κ2) is 6.09. The first-order valence-corrected chi connectivity index (χ1v) is 6.11. The molecule has 0 atom stereocenters. The maximum absolute atomic E-state index is 5.33. The largest absolute Gasteiger partial charge is 0.493 e. The maximum Gasteiger partial charge on any atom is 0.161 e. The summed E-state index contributed by atoms with van der Waals surface area (Å²) >= 11 is 0. The Balaban J connectivity index is 2.32. The number of aliphatic imine (C=N–C) groups is 1. The highest BCUT2D eigenvalue weighted by Crippen LogP contribution is 2.32. The van der Waals surface area contributed by atoms with Crippen molar-refractivity contribution in [2.45, 2.75) is 6.42 Å². The molecule has 2 rings (SSSR count). The number of hydrogen-bond donors (Lipinski definition) is 1. The summed E-state index contributed by atoms with van der Waals surface area (Å²) in [5.74, 6) is 2.38. The molecule has 100 valence electrons. The van der Waals surface area contributed by atoms with Gasteiger partial charge in [0.1, 0.15) is 5.84 Å². The van der Waals surface area contributed by atoms with E-state index in [1.54, 1.807) is 20.4 Å². The van der Waals surface area contributed by atoms with Gasteiger partial charge in [-0.15, -0.1) is 6.58 Å². The molecule has 0 fully saturated rings. The average Bonchev–Trinajstić information content (AvgIpc) is 2.64. The van der Waals surface area contributed by atoms with Crippen molar-refractivity contribution in [3.05, 3.63) is 42.1 Å². The fourth-order valence-electron chi connectivity index (χ4n) is 1.98. The fourth-order valence-corrected chi connectivity index (χ4v) is 1.98. The van der Waals surface area contributed by atoms with Gasteiger partial charge in [-0.1, -0.05) is 6.08 Å². The molecular formula is C15H18N2O2. The monoisotopic (exact) mass is 258 g/mol. The molecule has 4 nitrogen and oxygen atoms in total. The van der Waals surface area contributed by atoms with Gasteiger partial charge in [0.2, 0.25) is 0 Å². The molecule has 1 aromatic carbocycles. The van der Waals surface area contributed by atoms with E-state index in [0.717, 1.165) is 34.9 Å². The minimum Gasteiger partial charge on any atom is -0.493 e. The van der Waals surface area contributed by atoms with Crippen molar-refractivity contribution >= 4 is 11.9 Å². The minimum atomic E-state index is 0.704. The van der Waals surface area contributed by atoms with Crippen molar-refractivity contribution in [1.82, 2.24) is 5.32 Å². The zero-order chi connectivity index (χ0) is 13.7. The number of methoxy groups -OCH3 is 2. The van der Waals surface area contributed by atoms with Crippen molar-refractivity contribution in [2.24, 2.45) is 4.99 Å². The zero-order valence-electron chi connectivity index (χ0n) is 11.3. The van der Waals surface area contributed by atoms with Crippen LogP contribution in [0.3, 0.4) is 0 Å². The molecule has 4 heteroatoms. The first-order valence-electron chi connectivity index (χ1n) is 6.11. The van der Waals surface area contributed by atoms with Crippen LogP contribution in [-0.2, 0) is 6.42 Å². The summed E-state index contributed by atoms with van der Waals surface area (Å²) in [5.41, 5.74) is 2.25. The Hall–Kier alpha value is -2.23. The molecule has 0 bridgehead atoms. The third-order valence-corrected chi connectivity index (χ3v) is 2.94. The Bertz CT molecular complexity index is 533. The molecule has 19 heavy (non-hydrogen) atoms. The molecular weight excluding hydrogens is 240 g/mol. The lowest BCUT2D eigenvalue weighted by Crippen LogP contribution is -2.25. The molecule has 0 radical (unpaired) electrons. The van der Waals surface area contributed by atoms with Crippen LogP contribution in [0.2, 0.25) is 0 Å². The van der Waals surface area contributed by atoms with Crippen molar-refractivity contribution in [3.8, 4) is 11.5 Å². The molecule has 0 spiro atoms. The van der Waals surface area contributed by atoms with Gasteiger partial charge >= 0.3 is 0 Å². The molecule has 1 aliphatic rings. The molecule has 1 aliphatic heterocycles. The number of rotatable bonds is 4. The first-order chi connectivity index (χ1) is 9.28. The summed E-state index contributed by atoms with van der Waals surface area (Å²) in [6.07, 6.45) is 6.31. The first kappa shape index (κ1) is 13.2. The van der Waals surface area contributed by atoms with Gasteiger partial charge in [-0.25, -0.2) is 4.99 Å². The van der Waals surface area contributed by atoms with Crippen LogP contribution in [0.25, 0.3) is 6.08 Å². The normalized spacial score (nSPS) is 13.1. The van der Waals surface area contributed by atoms with Crippen molar-refractivity contribution in [2.75, 3.05) is 20.8 Å². The fraction of sp³-hybridized carbons (Fsp3) is 0.267. The highest BCUT2D eigenvalue weighted by atomic mass is 16.5. The van der Waals surface area contributed by atoms with Gasteiger partial charge in [-0.3, -0.25) is 0 Å². The molecule has 0 saturated heterocycles. The summed E-state index contributed by atoms with van der Waals surface area (Å²) in [6.45, 7) is 4.39. The van der Waals surface area contributed by atoms with E-state index in [0.29, 0.717) is 6.54 Å². The third-order valence-electron chi connectivity index (χ3n) is 2.94. The minimum absolute atomic E-state index is 0.704. The third kappa shape index (κ3) is 2.96. The summed E-state index contributed by atoms with van der Waals surface area (Å²) in [4.78, 5) is 4.38. The van der Waals surface area contributed by atoms with Crippen molar-refractivity contribution < 1.29 is 9.47 Å². The number of benzene rings is 1. The Labute approximate surface area is 113 Å². The van der Waals surface area contributed by atoms with Crippen LogP contribution in [0.5, 0.6) is 11.5 Å². The van der Waals surface area contributed by atoms with Gasteiger partial charge in [0.25, 0.3) is 0 Å². The van der Waals surface area contributed by atoms with E-state index < -0.39 is 0 Å². The van der Waals surface area contributed by atoms with Crippen LogP contribution >= 0.6 is 0 Å². The summed E-state index contributed by atoms with van der Waals surface area (Å²) in [6, 6.07) is 3.96. The van der Waals surface area contributed by atoms with Crippen LogP contribution in [0.4, 0.5) is 0 Å². The highest BCUT2D eigenvalue weighted by molar-refractivity contribution is 5.87. The van der Waals surface area contributed by atoms with Crippen molar-refractivity contribution in [1.29, 1.82) is 0 Å². The van der Waals surface area contributed by atoms with Gasteiger partial charge in [0.05, 0.1) is 14.2 Å². The van der Waals surface area contributed by atoms with Crippen LogP contribution in [0.1, 0.15) is 11.1 Å². The van der Waals surface area contributed by atoms with Gasteiger partial charge in [-0.2, -0.15) is 0 Å². The highest BCUT2D eigenvalue weighted by Gasteiger charge is 2.13. The summed E-state index contributed by atoms with van der Waals surface area (Å²) in [7, 11) is 3.28. The number of ether oxygens (including phenoxy) is 2. The van der Waals surface area contributed by atoms with Crippen LogP contribution in [0.15, 0.2) is 36.0 Å². The zero-order valence-corrected chi connectivity index (χ0v) is 11.3. The van der Waals surface area contributed by atoms with E-state index in [4.69, 9.17) is 9.47 Å². The van der Waals surface area contributed by atoms with Gasteiger partial charge < -0.3 is 14.8 Å². The second-order valence-corrected chi connectivity index (χ2v) is 4.14. The smallest absolute Gasteiger partial charge is 0.161 e. The van der Waals surface area contributed by atoms with Gasteiger partial charge in [0.15, 0.2) is 11.5 Å². The van der Waals surface area contributed by atoms with Gasteiger partial charge in [-0.05, 0) is 29.3 Å². The lowest BCUT2D eigenvalue weighted by Gasteiger charge is -2.13. The summed E-state index contributed by atoms with van der Waals surface area (Å²) < 4.78 is 10.6. The topological polar surface area (TPSA) is 42.9 Å². The Morgan fingerprint density at radius 2 is 2.05 bits per heavy atom. The molecule has 1 heterocycles. The van der Waals surface area contributed by atoms with E-state index in [1.165, 1.54) is 0 Å². The van der Waals surface area contributed by atoms with E-state index in [1.807, 2.05) is 24.3 Å². The molecule has 0 aliphatic carbocycles. The van der Waals surface area contributed by atoms with Crippen LogP contribution in [-0.4, -0.2) is 26.6 Å². The Morgan fingerprint density at radius 3 is 2.74 bits per heavy atom. The molecule has 0 saturated carbocycles. The van der Waals surface area contributed by atoms with Crippen LogP contribution < -0.4 is 14.8 Å². The Kier molecular flexibility index (Phi) is 4.23. The van der Waals surface area contributed by atoms with Crippen LogP contribution in [0, 0.1) is 0 Å². The van der Waals surface area contributed by atoms with E-state index in [2.05, 4.69) is 16.9 Å². The number of hydrogen-bond acceptors (Lipinski definition) is 4. The Morgan fingerprint density at radius 1 is 1.32 bits per heavy atom. The molecule has 1 N–H and O–H groups in total. The summed E-state index contributed by atoms with van der Waals surface area (Å²) in [5, 5.41) is 3.23. The molecule has 0 aromatic heterocycles. The predicted molar refractivity (Wildman–Crippen MR) is 77.9 cm³/mol. The lowest BCUT2D eigenvalue weighted by molar-refractivity contribution is 0.354. The van der Waals surface area contributed by atoms with E-state index in [-0.39, 0.29) is 0 Å². The van der Waals surface area contributed by atoms with E-state index >= 15 is 0 Å². The number of fused-ring (bicyclic) bond motifs is 1. The quantitative estimate of drug-likeness (QED) is 0.843. The molecule has 0 amide bonds. The van der Waals surface area contributed by atoms with Crippen molar-refractivity contribution in [3.63, 3.8) is 0 Å². The maximum atomic E-state index is 5.33. The van der Waals surface area contributed by atoms with E-state index in [9.17, 15) is 0 Å². The number of nitrogens with one attached hydrogen (secondary N) is 1. The number of nitrogens with zero attached hydrogens (tertiary/aromatic N) is 1. The van der Waals surface area contributed by atoms with Gasteiger partial charge in [0, 0.05) is 19.2 Å². The molecule has 1 aromatic rings. The second-order valence-electron chi connectivity index (χ2n) is 4.14. The SMILES string of the molecule is C=CCNC1=NC=Cc2cc(OC)c(OC)cc2C1. The number of amidine groups is 1. The predicted octanol–water partition coefficient (Wildman–Crippen LogP) is 2.40. The average molecular weight is 258 g/mol.